The highest BCUT2D eigenvalue weighted by molar-refractivity contribution is 5.90. The van der Waals surface area contributed by atoms with E-state index in [4.69, 9.17) is 85.3 Å². The van der Waals surface area contributed by atoms with Crippen LogP contribution in [0.5, 0.6) is 17.2 Å². The van der Waals surface area contributed by atoms with Crippen LogP contribution in [0.15, 0.2) is 97.1 Å². The third-order valence-corrected chi connectivity index (χ3v) is 22.7. The number of benzene rings is 4. The molecule has 17 atom stereocenters. The van der Waals surface area contributed by atoms with E-state index in [0.717, 1.165) is 114 Å². The molecular formula is C82H98O26. The summed E-state index contributed by atoms with van der Waals surface area (Å²) in [4.78, 5) is 105. The number of epoxide rings is 7. The Kier molecular flexibility index (Phi) is 24.6. The minimum atomic E-state index is -1.89. The van der Waals surface area contributed by atoms with Gasteiger partial charge in [-0.3, -0.25) is 19.2 Å². The molecule has 26 heteroatoms. The van der Waals surface area contributed by atoms with Gasteiger partial charge in [0.1, 0.15) is 55.4 Å². The summed E-state index contributed by atoms with van der Waals surface area (Å²) in [6, 6.07) is 34.5. The van der Waals surface area contributed by atoms with Crippen LogP contribution in [0.4, 0.5) is 0 Å². The van der Waals surface area contributed by atoms with Crippen LogP contribution in [0.25, 0.3) is 0 Å². The monoisotopic (exact) mass is 1500 g/mol. The molecule has 17 unspecified atom stereocenters. The van der Waals surface area contributed by atoms with Crippen molar-refractivity contribution in [2.75, 3.05) is 92.5 Å². The van der Waals surface area contributed by atoms with Gasteiger partial charge in [-0.2, -0.15) is 0 Å². The van der Waals surface area contributed by atoms with Gasteiger partial charge in [-0.1, -0.05) is 74.5 Å². The molecule has 4 aliphatic carbocycles. The molecule has 0 amide bonds. The van der Waals surface area contributed by atoms with Crippen molar-refractivity contribution in [2.24, 2.45) is 35.5 Å². The number of carbonyl (C=O) groups excluding carboxylic acids is 8. The van der Waals surface area contributed by atoms with E-state index in [-0.39, 0.29) is 123 Å². The quantitative estimate of drug-likeness (QED) is 0.0177. The predicted octanol–water partition coefficient (Wildman–Crippen LogP) is 8.31. The van der Waals surface area contributed by atoms with Gasteiger partial charge >= 0.3 is 47.8 Å². The number of ether oxygens (including phenoxy) is 18. The molecule has 0 aromatic heterocycles. The van der Waals surface area contributed by atoms with Crippen LogP contribution in [0.2, 0.25) is 0 Å². The van der Waals surface area contributed by atoms with E-state index >= 15 is 0 Å². The van der Waals surface area contributed by atoms with Gasteiger partial charge in [-0.05, 0) is 172 Å². The molecule has 4 aromatic rings. The fourth-order valence-corrected chi connectivity index (χ4v) is 15.3. The maximum atomic E-state index is 13.8. The topological polar surface area (TPSA) is 326 Å². The summed E-state index contributed by atoms with van der Waals surface area (Å²) >= 11 is 0. The van der Waals surface area contributed by atoms with Crippen molar-refractivity contribution in [3.05, 3.63) is 125 Å². The Labute approximate surface area is 627 Å². The molecule has 108 heavy (non-hydrogen) atoms. The minimum Gasteiger partial charge on any atom is -0.491 e. The summed E-state index contributed by atoms with van der Waals surface area (Å²) in [5.74, 6) is -9.34. The van der Waals surface area contributed by atoms with Crippen LogP contribution in [0.1, 0.15) is 138 Å². The predicted molar refractivity (Wildman–Crippen MR) is 377 cm³/mol. The van der Waals surface area contributed by atoms with Gasteiger partial charge in [-0.15, -0.1) is 0 Å². The van der Waals surface area contributed by atoms with Crippen LogP contribution >= 0.6 is 0 Å². The van der Waals surface area contributed by atoms with Crippen molar-refractivity contribution in [3.8, 4) is 17.2 Å². The largest absolute Gasteiger partial charge is 0.491 e. The normalized spacial score (nSPS) is 28.6. The number of esters is 8. The van der Waals surface area contributed by atoms with Crippen molar-refractivity contribution in [2.45, 2.75) is 189 Å². The molecular weight excluding hydrogens is 1400 g/mol. The molecule has 15 rings (SSSR count). The van der Waals surface area contributed by atoms with Gasteiger partial charge in [0.15, 0.2) is 26.4 Å². The fraction of sp³-hybridized carbons (Fsp3) is 0.610. The molecule has 0 spiro atoms. The molecule has 0 bridgehead atoms. The van der Waals surface area contributed by atoms with E-state index in [2.05, 4.69) is 118 Å². The molecule has 4 aromatic carbocycles. The van der Waals surface area contributed by atoms with Crippen LogP contribution in [0.3, 0.4) is 0 Å². The smallest absolute Gasteiger partial charge is 0.344 e. The SMILES string of the molecule is CC(C)(c1ccc(OCC2CO2)cc1)c1ccc(C(C)(c2ccc(OCC3CO3)cc2)c2ccc(OCC3CO3)cc2)cc1.O=C(COC(=O)CC(C(=O)OCC(=O)OCC1CCC2OC2C1)C(CC(=O)OCC(=O)OCC1CCC2OC2C1)C(=O)OCC(=O)OCC1CCC2OC2C1)OCC1CCC2OC2C1. The van der Waals surface area contributed by atoms with E-state index in [9.17, 15) is 38.4 Å². The van der Waals surface area contributed by atoms with Crippen LogP contribution < -0.4 is 14.2 Å². The van der Waals surface area contributed by atoms with Gasteiger partial charge in [-0.25, -0.2) is 19.2 Å². The van der Waals surface area contributed by atoms with Crippen molar-refractivity contribution in [3.63, 3.8) is 0 Å². The zero-order chi connectivity index (χ0) is 74.9. The highest BCUT2D eigenvalue weighted by atomic mass is 16.6. The molecule has 11 aliphatic rings. The highest BCUT2D eigenvalue weighted by Gasteiger charge is 2.48. The van der Waals surface area contributed by atoms with Crippen molar-refractivity contribution >= 4 is 47.8 Å². The van der Waals surface area contributed by atoms with Crippen LogP contribution in [-0.2, 0) is 120 Å². The van der Waals surface area contributed by atoms with Crippen LogP contribution in [-0.4, -0.2) is 207 Å². The zero-order valence-electron chi connectivity index (χ0n) is 61.5. The van der Waals surface area contributed by atoms with E-state index in [1.165, 1.54) is 27.8 Å². The first kappa shape index (κ1) is 76.5. The molecule has 26 nitrogen and oxygen atoms in total. The number of rotatable bonds is 37. The Morgan fingerprint density at radius 3 is 0.861 bits per heavy atom. The molecule has 4 saturated carbocycles. The Hall–Kier alpha value is -8.24. The third kappa shape index (κ3) is 21.6. The summed E-state index contributed by atoms with van der Waals surface area (Å²) in [6.07, 6.45) is 10.0. The number of carbonyl (C=O) groups is 8. The summed E-state index contributed by atoms with van der Waals surface area (Å²) in [5, 5.41) is 0. The minimum absolute atomic E-state index is 0.0589. The lowest BCUT2D eigenvalue weighted by Gasteiger charge is -2.33. The maximum absolute atomic E-state index is 13.8. The average molecular weight is 1500 g/mol. The highest BCUT2D eigenvalue weighted by Crippen LogP contribution is 2.45. The molecule has 0 radical (unpaired) electrons. The van der Waals surface area contributed by atoms with E-state index in [1.807, 2.05) is 0 Å². The first-order valence-corrected chi connectivity index (χ1v) is 38.3. The van der Waals surface area contributed by atoms with Gasteiger partial charge in [0, 0.05) is 10.8 Å². The molecule has 582 valence electrons. The number of fused-ring (bicyclic) bond motifs is 4. The lowest BCUT2D eigenvalue weighted by Crippen LogP contribution is -2.38. The number of hydrogen-bond acceptors (Lipinski definition) is 26. The third-order valence-electron chi connectivity index (χ3n) is 22.7. The molecule has 0 N–H and O–H groups in total. The van der Waals surface area contributed by atoms with Crippen molar-refractivity contribution in [1.82, 2.24) is 0 Å². The Morgan fingerprint density at radius 2 is 0.583 bits per heavy atom. The summed E-state index contributed by atoms with van der Waals surface area (Å²) in [7, 11) is 0. The fourth-order valence-electron chi connectivity index (χ4n) is 15.3. The second-order valence-electron chi connectivity index (χ2n) is 31.2. The summed E-state index contributed by atoms with van der Waals surface area (Å²) < 4.78 is 97.7. The Balaban J connectivity index is 0.000000193. The van der Waals surface area contributed by atoms with Gasteiger partial charge < -0.3 is 85.3 Å². The summed E-state index contributed by atoms with van der Waals surface area (Å²) in [6.45, 7) is 7.84. The van der Waals surface area contributed by atoms with Crippen molar-refractivity contribution < 1.29 is 124 Å². The first-order valence-electron chi connectivity index (χ1n) is 38.3. The van der Waals surface area contributed by atoms with Crippen LogP contribution in [0, 0.1) is 35.5 Å². The average Bonchev–Trinajstić information content (AvgIpc) is 1.13. The molecule has 7 aliphatic heterocycles. The maximum Gasteiger partial charge on any atom is 0.344 e. The standard InChI is InChI=1S/C44H58O20.C38H40O6/c45-37(57-19-39(47)53-15-23-1-5-29-33(9-23)61-29)13-27(43(51)59-21-41(49)55-17-25-3-7-31-35(11-25)63-31)28(44(52)60-22-42(50)56-18-26-4-8-32-36(12-26)64-32)14-38(46)58-20-40(48)54-16-24-2-6-30-34(10-24)62-30;1-37(2,27-8-14-31(15-9-27)39-20-34-23-42-34)26-4-6-28(7-5-26)38(3,29-10-16-32(17-11-29)40-21-35-24-43-35)30-12-18-33(19-13-30)41-22-36-25-44-36/h23-36H,1-22H2;4-19,34-36H,20-25H2,1-3H3. The van der Waals surface area contributed by atoms with Gasteiger partial charge in [0.2, 0.25) is 0 Å². The number of hydrogen-bond donors (Lipinski definition) is 0. The lowest BCUT2D eigenvalue weighted by atomic mass is 9.70. The van der Waals surface area contributed by atoms with Gasteiger partial charge in [0.05, 0.1) is 120 Å². The van der Waals surface area contributed by atoms with E-state index < -0.39 is 104 Å². The van der Waals surface area contributed by atoms with Crippen molar-refractivity contribution in [1.29, 1.82) is 0 Å². The zero-order valence-corrected chi connectivity index (χ0v) is 61.5. The second-order valence-corrected chi connectivity index (χ2v) is 31.2. The molecule has 7 saturated heterocycles. The first-order chi connectivity index (χ1) is 52.3. The van der Waals surface area contributed by atoms with Gasteiger partial charge in [0.25, 0.3) is 0 Å². The Morgan fingerprint density at radius 1 is 0.324 bits per heavy atom. The lowest BCUT2D eigenvalue weighted by molar-refractivity contribution is -0.174. The second kappa shape index (κ2) is 34.8. The molecule has 7 heterocycles. The van der Waals surface area contributed by atoms with E-state index in [1.54, 1.807) is 0 Å². The molecule has 11 fully saturated rings. The van der Waals surface area contributed by atoms with E-state index in [0.29, 0.717) is 19.8 Å². The Bertz CT molecular complexity index is 3590. The summed E-state index contributed by atoms with van der Waals surface area (Å²) in [5.41, 5.74) is 5.50.